The third-order valence-electron chi connectivity index (χ3n) is 6.22. The van der Waals surface area contributed by atoms with Crippen molar-refractivity contribution in [2.45, 2.75) is 29.9 Å². The Morgan fingerprint density at radius 1 is 1.17 bits per heavy atom. The van der Waals surface area contributed by atoms with Gasteiger partial charge in [0.05, 0.1) is 12.1 Å². The predicted molar refractivity (Wildman–Crippen MR) is 125 cm³/mol. The number of fused-ring (bicyclic) bond motifs is 2. The largest absolute Gasteiger partial charge is 0.393 e. The molecule has 1 saturated heterocycles. The molecule has 5 rings (SSSR count). The first kappa shape index (κ1) is 19.7. The van der Waals surface area contributed by atoms with E-state index in [0.717, 1.165) is 38.0 Å². The standard InChI is InChI=1S/C24H28N4OS/c1-27-16-21(20-4-2-3-5-23(20)27)24(28-12-9-18(29)10-13-28)15-26-30-19-7-6-17-8-11-25-22(17)14-19/h2-8,11,14,16,18,24-26,29H,9-10,12-13,15H2,1H3. The second kappa shape index (κ2) is 8.47. The van der Waals surface area contributed by atoms with E-state index in [1.165, 1.54) is 26.7 Å². The Bertz CT molecular complexity index is 1140. The molecule has 1 aliphatic rings. The molecule has 0 bridgehead atoms. The number of piperidine rings is 1. The van der Waals surface area contributed by atoms with E-state index in [4.69, 9.17) is 0 Å². The minimum Gasteiger partial charge on any atom is -0.393 e. The number of aliphatic hydroxyl groups is 1. The molecular weight excluding hydrogens is 392 g/mol. The smallest absolute Gasteiger partial charge is 0.0564 e. The van der Waals surface area contributed by atoms with Crippen molar-refractivity contribution in [1.82, 2.24) is 19.2 Å². The molecular formula is C24H28N4OS. The number of benzene rings is 2. The van der Waals surface area contributed by atoms with Crippen LogP contribution >= 0.6 is 11.9 Å². The van der Waals surface area contributed by atoms with Crippen LogP contribution < -0.4 is 4.72 Å². The highest BCUT2D eigenvalue weighted by molar-refractivity contribution is 7.97. The maximum Gasteiger partial charge on any atom is 0.0564 e. The Kier molecular flexibility index (Phi) is 5.56. The molecule has 1 atom stereocenters. The molecule has 3 N–H and O–H groups in total. The predicted octanol–water partition coefficient (Wildman–Crippen LogP) is 4.45. The highest BCUT2D eigenvalue weighted by Gasteiger charge is 2.27. The lowest BCUT2D eigenvalue weighted by molar-refractivity contribution is 0.0618. The van der Waals surface area contributed by atoms with Gasteiger partial charge in [0.1, 0.15) is 0 Å². The van der Waals surface area contributed by atoms with Gasteiger partial charge < -0.3 is 14.7 Å². The summed E-state index contributed by atoms with van der Waals surface area (Å²) in [7, 11) is 2.12. The van der Waals surface area contributed by atoms with Gasteiger partial charge in [-0.2, -0.15) is 0 Å². The van der Waals surface area contributed by atoms with Crippen LogP contribution in [0.4, 0.5) is 0 Å². The molecule has 1 unspecified atom stereocenters. The third kappa shape index (κ3) is 3.88. The van der Waals surface area contributed by atoms with E-state index in [1.54, 1.807) is 11.9 Å². The maximum atomic E-state index is 10.00. The minimum absolute atomic E-state index is 0.163. The fraction of sp³-hybridized carbons (Fsp3) is 0.333. The van der Waals surface area contributed by atoms with E-state index in [1.807, 2.05) is 6.20 Å². The van der Waals surface area contributed by atoms with E-state index >= 15 is 0 Å². The van der Waals surface area contributed by atoms with Gasteiger partial charge in [-0.05, 0) is 60.0 Å². The second-order valence-electron chi connectivity index (χ2n) is 8.17. The summed E-state index contributed by atoms with van der Waals surface area (Å²) in [6.07, 6.45) is 5.78. The molecule has 4 aromatic rings. The molecule has 0 amide bonds. The van der Waals surface area contributed by atoms with Gasteiger partial charge in [-0.25, -0.2) is 0 Å². The van der Waals surface area contributed by atoms with Crippen LogP contribution in [0.15, 0.2) is 65.8 Å². The lowest BCUT2D eigenvalue weighted by Crippen LogP contribution is -2.41. The summed E-state index contributed by atoms with van der Waals surface area (Å²) in [4.78, 5) is 7.02. The molecule has 5 nitrogen and oxygen atoms in total. The Morgan fingerprint density at radius 2 is 2.00 bits per heavy atom. The van der Waals surface area contributed by atoms with E-state index in [0.29, 0.717) is 0 Å². The van der Waals surface area contributed by atoms with Crippen molar-refractivity contribution < 1.29 is 5.11 Å². The summed E-state index contributed by atoms with van der Waals surface area (Å²) in [5.41, 5.74) is 3.79. The SMILES string of the molecule is Cn1cc(C(CNSc2ccc3cc[nH]c3c2)N2CCC(O)CC2)c2ccccc21. The van der Waals surface area contributed by atoms with Gasteiger partial charge in [-0.1, -0.05) is 24.3 Å². The number of aliphatic hydroxyl groups excluding tert-OH is 1. The van der Waals surface area contributed by atoms with Gasteiger partial charge >= 0.3 is 0 Å². The van der Waals surface area contributed by atoms with Crippen molar-refractivity contribution >= 4 is 33.8 Å². The number of aryl methyl sites for hydroxylation is 1. The molecule has 0 spiro atoms. The number of rotatable bonds is 6. The Labute approximate surface area is 181 Å². The number of H-pyrrole nitrogens is 1. The molecule has 1 fully saturated rings. The van der Waals surface area contributed by atoms with Crippen molar-refractivity contribution in [3.63, 3.8) is 0 Å². The highest BCUT2D eigenvalue weighted by Crippen LogP contribution is 2.32. The lowest BCUT2D eigenvalue weighted by Gasteiger charge is -2.36. The molecule has 2 aromatic heterocycles. The Hall–Kier alpha value is -2.25. The van der Waals surface area contributed by atoms with Gasteiger partial charge in [-0.15, -0.1) is 0 Å². The van der Waals surface area contributed by atoms with E-state index in [9.17, 15) is 5.11 Å². The van der Waals surface area contributed by atoms with Gasteiger partial charge in [-0.3, -0.25) is 9.62 Å². The van der Waals surface area contributed by atoms with Gasteiger partial charge in [0.15, 0.2) is 0 Å². The second-order valence-corrected chi connectivity index (χ2v) is 9.14. The average molecular weight is 421 g/mol. The number of hydrogen-bond acceptors (Lipinski definition) is 4. The van der Waals surface area contributed by atoms with Crippen LogP contribution in [0.1, 0.15) is 24.4 Å². The molecule has 2 aromatic carbocycles. The third-order valence-corrected chi connectivity index (χ3v) is 7.02. The van der Waals surface area contributed by atoms with Crippen LogP contribution in [0.3, 0.4) is 0 Å². The summed E-state index contributed by atoms with van der Waals surface area (Å²) in [5.74, 6) is 0. The molecule has 1 aliphatic heterocycles. The van der Waals surface area contributed by atoms with Crippen LogP contribution in [-0.4, -0.2) is 45.3 Å². The Morgan fingerprint density at radius 3 is 2.87 bits per heavy atom. The summed E-state index contributed by atoms with van der Waals surface area (Å²) in [6.45, 7) is 2.70. The fourth-order valence-electron chi connectivity index (χ4n) is 4.57. The van der Waals surface area contributed by atoms with Crippen molar-refractivity contribution in [3.05, 3.63) is 66.5 Å². The molecule has 6 heteroatoms. The van der Waals surface area contributed by atoms with Crippen molar-refractivity contribution in [3.8, 4) is 0 Å². The van der Waals surface area contributed by atoms with E-state index < -0.39 is 0 Å². The van der Waals surface area contributed by atoms with E-state index in [-0.39, 0.29) is 12.1 Å². The molecule has 30 heavy (non-hydrogen) atoms. The number of aromatic amines is 1. The number of likely N-dealkylation sites (tertiary alicyclic amines) is 1. The summed E-state index contributed by atoms with van der Waals surface area (Å²) in [5, 5.41) is 12.5. The molecule has 3 heterocycles. The van der Waals surface area contributed by atoms with Crippen LogP contribution in [0.25, 0.3) is 21.8 Å². The van der Waals surface area contributed by atoms with Crippen LogP contribution in [-0.2, 0) is 7.05 Å². The zero-order chi connectivity index (χ0) is 20.5. The van der Waals surface area contributed by atoms with Gasteiger partial charge in [0.25, 0.3) is 0 Å². The lowest BCUT2D eigenvalue weighted by atomic mass is 10.00. The minimum atomic E-state index is -0.163. The van der Waals surface area contributed by atoms with Crippen molar-refractivity contribution in [2.24, 2.45) is 7.05 Å². The number of hydrogen-bond donors (Lipinski definition) is 3. The zero-order valence-corrected chi connectivity index (χ0v) is 18.0. The summed E-state index contributed by atoms with van der Waals surface area (Å²) >= 11 is 1.69. The molecule has 0 saturated carbocycles. The topological polar surface area (TPSA) is 56.2 Å². The van der Waals surface area contributed by atoms with E-state index in [2.05, 4.69) is 80.9 Å². The first-order valence-electron chi connectivity index (χ1n) is 10.6. The first-order valence-corrected chi connectivity index (χ1v) is 11.4. The Balaban J connectivity index is 1.38. The zero-order valence-electron chi connectivity index (χ0n) is 17.2. The monoisotopic (exact) mass is 420 g/mol. The highest BCUT2D eigenvalue weighted by atomic mass is 32.2. The average Bonchev–Trinajstić information content (AvgIpc) is 3.36. The number of nitrogens with one attached hydrogen (secondary N) is 2. The van der Waals surface area contributed by atoms with Gasteiger partial charge in [0, 0.05) is 60.4 Å². The summed E-state index contributed by atoms with van der Waals surface area (Å²) < 4.78 is 5.85. The molecule has 0 aliphatic carbocycles. The number of para-hydroxylation sites is 1. The van der Waals surface area contributed by atoms with Crippen LogP contribution in [0.5, 0.6) is 0 Å². The number of nitrogens with zero attached hydrogens (tertiary/aromatic N) is 2. The first-order chi connectivity index (χ1) is 14.7. The van der Waals surface area contributed by atoms with Crippen molar-refractivity contribution in [1.29, 1.82) is 0 Å². The van der Waals surface area contributed by atoms with Crippen LogP contribution in [0, 0.1) is 0 Å². The molecule has 0 radical (unpaired) electrons. The number of aromatic nitrogens is 2. The van der Waals surface area contributed by atoms with Gasteiger partial charge in [0.2, 0.25) is 0 Å². The van der Waals surface area contributed by atoms with Crippen LogP contribution in [0.2, 0.25) is 0 Å². The fourth-order valence-corrected chi connectivity index (χ4v) is 5.29. The molecule has 156 valence electrons. The normalized spacial score (nSPS) is 17.1. The quantitative estimate of drug-likeness (QED) is 0.403. The summed E-state index contributed by atoms with van der Waals surface area (Å²) in [6, 6.07) is 17.5. The van der Waals surface area contributed by atoms with Crippen molar-refractivity contribution in [2.75, 3.05) is 19.6 Å². The maximum absolute atomic E-state index is 10.00.